The first-order valence-electron chi connectivity index (χ1n) is 16.2. The van der Waals surface area contributed by atoms with E-state index in [0.717, 1.165) is 33.6 Å². The summed E-state index contributed by atoms with van der Waals surface area (Å²) in [7, 11) is 1.67. The zero-order chi connectivity index (χ0) is 34.9. The van der Waals surface area contributed by atoms with Crippen molar-refractivity contribution in [2.24, 2.45) is 4.99 Å². The average molecular weight is 666 g/mol. The summed E-state index contributed by atoms with van der Waals surface area (Å²) >= 11 is 0. The molecule has 0 bridgehead atoms. The van der Waals surface area contributed by atoms with Crippen molar-refractivity contribution in [1.29, 1.82) is 0 Å². The van der Waals surface area contributed by atoms with Gasteiger partial charge in [-0.3, -0.25) is 29.4 Å². The lowest BCUT2D eigenvalue weighted by Gasteiger charge is -2.35. The Labute approximate surface area is 289 Å². The van der Waals surface area contributed by atoms with E-state index in [9.17, 15) is 14.4 Å². The van der Waals surface area contributed by atoms with Crippen molar-refractivity contribution in [2.45, 2.75) is 39.8 Å². The molecular weight excluding hydrogens is 630 g/mol. The van der Waals surface area contributed by atoms with Gasteiger partial charge in [0.05, 0.1) is 29.8 Å². The van der Waals surface area contributed by atoms with Gasteiger partial charge in [0, 0.05) is 53.4 Å². The van der Waals surface area contributed by atoms with Gasteiger partial charge in [-0.1, -0.05) is 42.5 Å². The Morgan fingerprint density at radius 3 is 2.50 bits per heavy atom. The van der Waals surface area contributed by atoms with Crippen LogP contribution in [-0.2, 0) is 17.8 Å². The van der Waals surface area contributed by atoms with Crippen LogP contribution in [0.2, 0.25) is 0 Å². The first-order valence-corrected chi connectivity index (χ1v) is 16.2. The van der Waals surface area contributed by atoms with E-state index in [1.165, 1.54) is 4.90 Å². The molecule has 0 radical (unpaired) electrons. The Bertz CT molecular complexity index is 2170. The van der Waals surface area contributed by atoms with Gasteiger partial charge in [0.25, 0.3) is 5.91 Å². The molecule has 5 aromatic rings. The molecule has 4 heterocycles. The Morgan fingerprint density at radius 2 is 1.72 bits per heavy atom. The lowest BCUT2D eigenvalue weighted by atomic mass is 10.0. The van der Waals surface area contributed by atoms with Crippen LogP contribution in [0.1, 0.15) is 45.2 Å². The molecule has 1 atom stereocenters. The van der Waals surface area contributed by atoms with Crippen molar-refractivity contribution in [3.8, 4) is 0 Å². The first-order chi connectivity index (χ1) is 24.1. The van der Waals surface area contributed by atoms with Crippen LogP contribution in [-0.4, -0.2) is 51.6 Å². The molecule has 0 unspecified atom stereocenters. The third-order valence-electron chi connectivity index (χ3n) is 8.78. The number of nitrogens with zero attached hydrogens (tertiary/aromatic N) is 6. The van der Waals surface area contributed by atoms with Crippen molar-refractivity contribution in [3.05, 3.63) is 125 Å². The molecular formula is C38H35N9O3. The van der Waals surface area contributed by atoms with E-state index < -0.39 is 6.04 Å². The van der Waals surface area contributed by atoms with Crippen molar-refractivity contribution in [2.75, 3.05) is 32.8 Å². The highest BCUT2D eigenvalue weighted by atomic mass is 16.2. The van der Waals surface area contributed by atoms with Gasteiger partial charge in [0.1, 0.15) is 11.9 Å². The molecule has 12 nitrogen and oxygen atoms in total. The quantitative estimate of drug-likeness (QED) is 0.182. The zero-order valence-corrected chi connectivity index (χ0v) is 28.1. The molecule has 250 valence electrons. The number of urea groups is 1. The van der Waals surface area contributed by atoms with E-state index in [1.54, 1.807) is 54.7 Å². The lowest BCUT2D eigenvalue weighted by Crippen LogP contribution is -2.46. The molecule has 0 spiro atoms. The maximum absolute atomic E-state index is 13.7. The molecule has 2 aliphatic rings. The zero-order valence-electron chi connectivity index (χ0n) is 28.1. The molecule has 50 heavy (non-hydrogen) atoms. The fraction of sp³-hybridized carbons (Fsp3) is 0.184. The molecule has 4 amide bonds. The maximum atomic E-state index is 13.7. The first kappa shape index (κ1) is 32.1. The van der Waals surface area contributed by atoms with Crippen molar-refractivity contribution in [3.63, 3.8) is 0 Å². The number of hydrogen-bond donors (Lipinski definition) is 3. The van der Waals surface area contributed by atoms with E-state index >= 15 is 0 Å². The fourth-order valence-electron chi connectivity index (χ4n) is 6.07. The van der Waals surface area contributed by atoms with Crippen LogP contribution in [0, 0.1) is 13.8 Å². The number of carbonyl (C=O) groups excluding carboxylic acids is 3. The van der Waals surface area contributed by atoms with E-state index in [2.05, 4.69) is 30.9 Å². The van der Waals surface area contributed by atoms with Crippen LogP contribution in [0.3, 0.4) is 0 Å². The third kappa shape index (κ3) is 6.50. The topological polar surface area (TPSA) is 145 Å². The number of aromatic nitrogens is 3. The van der Waals surface area contributed by atoms with E-state index in [4.69, 9.17) is 4.99 Å². The molecule has 2 aliphatic heterocycles. The summed E-state index contributed by atoms with van der Waals surface area (Å²) in [5, 5.41) is 9.08. The van der Waals surface area contributed by atoms with Gasteiger partial charge in [-0.15, -0.1) is 0 Å². The fourth-order valence-corrected chi connectivity index (χ4v) is 6.07. The second-order valence-electron chi connectivity index (χ2n) is 12.4. The summed E-state index contributed by atoms with van der Waals surface area (Å²) in [5.74, 6) is 0.274. The number of carbonyl (C=O) groups is 3. The SMILES string of the molecule is CC1=N[C@@H](Cc2ccccc2)C(=O)Nc2cc(C(=O)Nc3ccc(C)c(N4Cc5cnc(Nc6ccc(C)nc6)nc5N(C)C4=O)c3)ccc21. The Hall–Kier alpha value is -6.43. The number of benzene rings is 3. The highest BCUT2D eigenvalue weighted by Crippen LogP contribution is 2.34. The van der Waals surface area contributed by atoms with Crippen LogP contribution in [0.4, 0.5) is 39.3 Å². The summed E-state index contributed by atoms with van der Waals surface area (Å²) in [6, 6.07) is 23.3. The van der Waals surface area contributed by atoms with Crippen LogP contribution >= 0.6 is 0 Å². The number of aliphatic imine (C=N–C) groups is 1. The lowest BCUT2D eigenvalue weighted by molar-refractivity contribution is -0.117. The van der Waals surface area contributed by atoms with Gasteiger partial charge in [-0.05, 0) is 68.3 Å². The summed E-state index contributed by atoms with van der Waals surface area (Å²) in [6.07, 6.45) is 3.88. The number of hydrogen-bond acceptors (Lipinski definition) is 8. The minimum absolute atomic E-state index is 0.230. The number of amides is 4. The number of benzodiazepines with no additional fused rings is 1. The van der Waals surface area contributed by atoms with Gasteiger partial charge in [-0.2, -0.15) is 4.98 Å². The normalized spacial score (nSPS) is 15.4. The van der Waals surface area contributed by atoms with Crippen molar-refractivity contribution < 1.29 is 14.4 Å². The monoisotopic (exact) mass is 665 g/mol. The van der Waals surface area contributed by atoms with Crippen LogP contribution in [0.25, 0.3) is 0 Å². The van der Waals surface area contributed by atoms with Gasteiger partial charge in [0.2, 0.25) is 11.9 Å². The molecule has 3 aromatic carbocycles. The van der Waals surface area contributed by atoms with Crippen LogP contribution in [0.15, 0.2) is 96.2 Å². The van der Waals surface area contributed by atoms with Crippen LogP contribution < -0.4 is 25.8 Å². The van der Waals surface area contributed by atoms with E-state index in [1.807, 2.05) is 69.3 Å². The van der Waals surface area contributed by atoms with E-state index in [0.29, 0.717) is 46.5 Å². The highest BCUT2D eigenvalue weighted by molar-refractivity contribution is 6.13. The van der Waals surface area contributed by atoms with Gasteiger partial charge < -0.3 is 16.0 Å². The minimum Gasteiger partial charge on any atom is -0.324 e. The molecule has 0 aliphatic carbocycles. The summed E-state index contributed by atoms with van der Waals surface area (Å²) < 4.78 is 0. The van der Waals surface area contributed by atoms with Crippen molar-refractivity contribution >= 4 is 58.1 Å². The van der Waals surface area contributed by atoms with Gasteiger partial charge in [-0.25, -0.2) is 9.78 Å². The largest absolute Gasteiger partial charge is 0.330 e. The Kier molecular flexibility index (Phi) is 8.50. The van der Waals surface area contributed by atoms with Crippen molar-refractivity contribution in [1.82, 2.24) is 15.0 Å². The van der Waals surface area contributed by atoms with E-state index in [-0.39, 0.29) is 24.4 Å². The predicted molar refractivity (Wildman–Crippen MR) is 195 cm³/mol. The second-order valence-corrected chi connectivity index (χ2v) is 12.4. The number of pyridine rings is 1. The molecule has 0 saturated heterocycles. The number of aryl methyl sites for hydroxylation is 2. The van der Waals surface area contributed by atoms with Gasteiger partial charge >= 0.3 is 6.03 Å². The minimum atomic E-state index is -0.585. The predicted octanol–water partition coefficient (Wildman–Crippen LogP) is 6.43. The third-order valence-corrected chi connectivity index (χ3v) is 8.78. The smallest absolute Gasteiger partial charge is 0.324 e. The number of anilines is 6. The number of rotatable bonds is 7. The summed E-state index contributed by atoms with van der Waals surface area (Å²) in [5.41, 5.74) is 7.80. The maximum Gasteiger partial charge on any atom is 0.330 e. The van der Waals surface area contributed by atoms with Crippen LogP contribution in [0.5, 0.6) is 0 Å². The Morgan fingerprint density at radius 1 is 0.920 bits per heavy atom. The summed E-state index contributed by atoms with van der Waals surface area (Å²) in [4.78, 5) is 61.6. The highest BCUT2D eigenvalue weighted by Gasteiger charge is 2.32. The number of nitrogens with one attached hydrogen (secondary N) is 3. The standard InChI is InChI=1S/C38H35N9O3/c1-22-10-13-28(18-33(22)47-21-27-19-40-37(45-34(27)46(4)38(47)50)43-29-14-11-23(2)39-20-29)42-35(48)26-12-15-30-24(3)41-32(36(49)44-31(30)17-26)16-25-8-6-5-7-9-25/h5-15,17-20,32H,16,21H2,1-4H3,(H,42,48)(H,44,49)(H,40,43,45)/t32-/m0/s1. The molecule has 2 aromatic heterocycles. The molecule has 0 saturated carbocycles. The molecule has 0 fully saturated rings. The average Bonchev–Trinajstić information content (AvgIpc) is 3.23. The Balaban J connectivity index is 1.07. The van der Waals surface area contributed by atoms with Gasteiger partial charge in [0.15, 0.2) is 0 Å². The molecule has 7 rings (SSSR count). The molecule has 12 heteroatoms. The molecule has 3 N–H and O–H groups in total. The number of fused-ring (bicyclic) bond motifs is 2. The second kappa shape index (κ2) is 13.2. The summed E-state index contributed by atoms with van der Waals surface area (Å²) in [6.45, 7) is 5.94.